The Labute approximate surface area is 72.8 Å². The lowest BCUT2D eigenvalue weighted by Gasteiger charge is -2.01. The first-order chi connectivity index (χ1) is 5.70. The van der Waals surface area contributed by atoms with Crippen molar-refractivity contribution in [3.05, 3.63) is 0 Å². The van der Waals surface area contributed by atoms with E-state index in [9.17, 15) is 4.79 Å². The number of Topliss-reactive ketones (excluding diaryl/α,β-unsaturated/α-hetero) is 1. The van der Waals surface area contributed by atoms with Crippen molar-refractivity contribution >= 4 is 11.5 Å². The molecule has 0 atom stereocenters. The maximum Gasteiger partial charge on any atom is 0.129 e. The Hall–Kier alpha value is -0.900. The van der Waals surface area contributed by atoms with Crippen LogP contribution in [-0.4, -0.2) is 25.2 Å². The molecule has 0 saturated heterocycles. The molecule has 0 aliphatic carbocycles. The van der Waals surface area contributed by atoms with E-state index in [4.69, 9.17) is 10.6 Å². The van der Waals surface area contributed by atoms with E-state index >= 15 is 0 Å². The Kier molecular flexibility index (Phi) is 6.28. The topological polar surface area (TPSA) is 64.7 Å². The van der Waals surface area contributed by atoms with Crippen molar-refractivity contribution in [1.82, 2.24) is 0 Å². The zero-order valence-corrected chi connectivity index (χ0v) is 7.67. The summed E-state index contributed by atoms with van der Waals surface area (Å²) in [5.74, 6) is 5.30. The second kappa shape index (κ2) is 6.79. The summed E-state index contributed by atoms with van der Waals surface area (Å²) in [7, 11) is 1.59. The van der Waals surface area contributed by atoms with Gasteiger partial charge in [0.2, 0.25) is 0 Å². The third kappa shape index (κ3) is 5.85. The van der Waals surface area contributed by atoms with Crippen LogP contribution < -0.4 is 5.84 Å². The summed E-state index contributed by atoms with van der Waals surface area (Å²) in [4.78, 5) is 10.6. The molecule has 0 bridgehead atoms. The number of hydrogen-bond donors (Lipinski definition) is 1. The molecule has 0 amide bonds. The van der Waals surface area contributed by atoms with Gasteiger partial charge in [-0.1, -0.05) is 0 Å². The smallest absolute Gasteiger partial charge is 0.129 e. The van der Waals surface area contributed by atoms with Crippen LogP contribution in [0.1, 0.15) is 26.2 Å². The largest absolute Gasteiger partial charge is 0.379 e. The molecule has 0 unspecified atom stereocenters. The van der Waals surface area contributed by atoms with Gasteiger partial charge in [-0.15, -0.1) is 0 Å². The minimum atomic E-state index is 0.198. The van der Waals surface area contributed by atoms with Gasteiger partial charge in [0.25, 0.3) is 0 Å². The van der Waals surface area contributed by atoms with E-state index in [0.29, 0.717) is 13.0 Å². The lowest BCUT2D eigenvalue weighted by Crippen LogP contribution is -2.10. The fraction of sp³-hybridized carbons (Fsp3) is 0.750. The number of rotatable bonds is 6. The molecule has 0 heterocycles. The van der Waals surface area contributed by atoms with Gasteiger partial charge < -0.3 is 15.4 Å². The van der Waals surface area contributed by atoms with E-state index in [1.807, 2.05) is 0 Å². The van der Waals surface area contributed by atoms with Gasteiger partial charge in [0.15, 0.2) is 0 Å². The van der Waals surface area contributed by atoms with Gasteiger partial charge in [-0.2, -0.15) is 5.10 Å². The molecule has 4 heteroatoms. The highest BCUT2D eigenvalue weighted by molar-refractivity contribution is 5.86. The minimum absolute atomic E-state index is 0.198. The summed E-state index contributed by atoms with van der Waals surface area (Å²) >= 11 is 0. The van der Waals surface area contributed by atoms with Gasteiger partial charge in [-0.25, -0.2) is 0 Å². The van der Waals surface area contributed by atoms with E-state index in [-0.39, 0.29) is 5.78 Å². The van der Waals surface area contributed by atoms with Crippen molar-refractivity contribution in [2.75, 3.05) is 13.7 Å². The third-order valence-corrected chi connectivity index (χ3v) is 1.49. The fourth-order valence-corrected chi connectivity index (χ4v) is 0.882. The third-order valence-electron chi connectivity index (χ3n) is 1.49. The van der Waals surface area contributed by atoms with Gasteiger partial charge in [0, 0.05) is 13.5 Å². The van der Waals surface area contributed by atoms with Crippen molar-refractivity contribution in [2.45, 2.75) is 26.2 Å². The Bertz CT molecular complexity index is 166. The van der Waals surface area contributed by atoms with Crippen molar-refractivity contribution in [3.8, 4) is 0 Å². The summed E-state index contributed by atoms with van der Waals surface area (Å²) < 4.78 is 4.86. The summed E-state index contributed by atoms with van der Waals surface area (Å²) in [6.07, 6.45) is 2.13. The minimum Gasteiger partial charge on any atom is -0.379 e. The maximum atomic E-state index is 10.6. The van der Waals surface area contributed by atoms with Crippen LogP contribution in [0.4, 0.5) is 0 Å². The highest BCUT2D eigenvalue weighted by atomic mass is 16.5. The van der Waals surface area contributed by atoms with Crippen molar-refractivity contribution < 1.29 is 9.53 Å². The molecular formula is C8H16N2O2. The number of ketones is 1. The predicted octanol–water partition coefficient (Wildman–Crippen LogP) is 0.707. The van der Waals surface area contributed by atoms with Gasteiger partial charge in [-0.3, -0.25) is 0 Å². The highest BCUT2D eigenvalue weighted by Gasteiger charge is 1.99. The number of nitrogens with two attached hydrogens (primary N) is 1. The van der Waals surface area contributed by atoms with Crippen molar-refractivity contribution in [3.63, 3.8) is 0 Å². The Morgan fingerprint density at radius 2 is 2.17 bits per heavy atom. The van der Waals surface area contributed by atoms with Crippen LogP contribution in [0.5, 0.6) is 0 Å². The number of methoxy groups -OCH3 is 1. The molecular weight excluding hydrogens is 156 g/mol. The van der Waals surface area contributed by atoms with E-state index < -0.39 is 0 Å². The Morgan fingerprint density at radius 3 is 2.58 bits per heavy atom. The molecule has 0 rings (SSSR count). The molecule has 0 aromatic heterocycles. The molecule has 0 aromatic carbocycles. The van der Waals surface area contributed by atoms with Crippen LogP contribution in [-0.2, 0) is 9.53 Å². The van der Waals surface area contributed by atoms with Gasteiger partial charge in [0.1, 0.15) is 5.78 Å². The van der Waals surface area contributed by atoms with Crippen LogP contribution in [0.3, 0.4) is 0 Å². The SMILES string of the molecule is COC/C(CCCC(C)=O)=N\N. The number of carbonyl (C=O) groups excluding carboxylic acids is 1. The Balaban J connectivity index is 3.52. The quantitative estimate of drug-likeness (QED) is 0.364. The van der Waals surface area contributed by atoms with Crippen LogP contribution >= 0.6 is 0 Å². The summed E-state index contributed by atoms with van der Waals surface area (Å²) in [5.41, 5.74) is 0.804. The fourth-order valence-electron chi connectivity index (χ4n) is 0.882. The van der Waals surface area contributed by atoms with E-state index in [0.717, 1.165) is 18.6 Å². The van der Waals surface area contributed by atoms with Crippen molar-refractivity contribution in [2.24, 2.45) is 10.9 Å². The average Bonchev–Trinajstić information content (AvgIpc) is 2.02. The van der Waals surface area contributed by atoms with E-state index in [2.05, 4.69) is 5.10 Å². The predicted molar refractivity (Wildman–Crippen MR) is 48.0 cm³/mol. The van der Waals surface area contributed by atoms with Crippen LogP contribution in [0.15, 0.2) is 5.10 Å². The van der Waals surface area contributed by atoms with Crippen LogP contribution in [0.25, 0.3) is 0 Å². The molecule has 2 N–H and O–H groups in total. The number of hydrogen-bond acceptors (Lipinski definition) is 4. The second-order valence-corrected chi connectivity index (χ2v) is 2.68. The van der Waals surface area contributed by atoms with Gasteiger partial charge in [-0.05, 0) is 19.8 Å². The molecule has 0 fully saturated rings. The first kappa shape index (κ1) is 11.1. The first-order valence-corrected chi connectivity index (χ1v) is 3.94. The molecule has 12 heavy (non-hydrogen) atoms. The van der Waals surface area contributed by atoms with Crippen molar-refractivity contribution in [1.29, 1.82) is 0 Å². The monoisotopic (exact) mass is 172 g/mol. The summed E-state index contributed by atoms with van der Waals surface area (Å²) in [6, 6.07) is 0. The summed E-state index contributed by atoms with van der Waals surface area (Å²) in [5, 5.41) is 3.55. The maximum absolute atomic E-state index is 10.6. The summed E-state index contributed by atoms with van der Waals surface area (Å²) in [6.45, 7) is 2.03. The first-order valence-electron chi connectivity index (χ1n) is 3.94. The molecule has 0 radical (unpaired) electrons. The highest BCUT2D eigenvalue weighted by Crippen LogP contribution is 1.98. The van der Waals surface area contributed by atoms with E-state index in [1.54, 1.807) is 14.0 Å². The van der Waals surface area contributed by atoms with Gasteiger partial charge >= 0.3 is 0 Å². The molecule has 0 aliphatic rings. The molecule has 70 valence electrons. The second-order valence-electron chi connectivity index (χ2n) is 2.68. The lowest BCUT2D eigenvalue weighted by atomic mass is 10.1. The zero-order chi connectivity index (χ0) is 9.40. The average molecular weight is 172 g/mol. The number of carbonyl (C=O) groups is 1. The molecule has 4 nitrogen and oxygen atoms in total. The molecule has 0 spiro atoms. The molecule has 0 aromatic rings. The number of nitrogens with zero attached hydrogens (tertiary/aromatic N) is 1. The van der Waals surface area contributed by atoms with Crippen LogP contribution in [0, 0.1) is 0 Å². The molecule has 0 aliphatic heterocycles. The lowest BCUT2D eigenvalue weighted by molar-refractivity contribution is -0.117. The number of hydrazone groups is 1. The standard InChI is InChI=1S/C8H16N2O2/c1-7(11)4-3-5-8(10-9)6-12-2/h3-6,9H2,1-2H3/b10-8-. The zero-order valence-electron chi connectivity index (χ0n) is 7.67. The molecule has 0 saturated carbocycles. The Morgan fingerprint density at radius 1 is 1.50 bits per heavy atom. The van der Waals surface area contributed by atoms with Gasteiger partial charge in [0.05, 0.1) is 12.3 Å². The number of ether oxygens (including phenoxy) is 1. The normalized spacial score (nSPS) is 11.7. The van der Waals surface area contributed by atoms with Crippen LogP contribution in [0.2, 0.25) is 0 Å². The van der Waals surface area contributed by atoms with E-state index in [1.165, 1.54) is 0 Å².